The third kappa shape index (κ3) is 3.75. The first-order chi connectivity index (χ1) is 8.69. The molecule has 100 valence electrons. The molecule has 1 unspecified atom stereocenters. The van der Waals surface area contributed by atoms with Gasteiger partial charge in [-0.2, -0.15) is 0 Å². The molecule has 1 aromatic rings. The lowest BCUT2D eigenvalue weighted by atomic mass is 9.90. The first-order valence-electron chi connectivity index (χ1n) is 6.19. The average molecular weight is 317 g/mol. The van der Waals surface area contributed by atoms with Gasteiger partial charge in [0.05, 0.1) is 0 Å². The fourth-order valence-corrected chi connectivity index (χ4v) is 2.88. The van der Waals surface area contributed by atoms with Crippen LogP contribution in [0.3, 0.4) is 0 Å². The van der Waals surface area contributed by atoms with Crippen LogP contribution in [-0.2, 0) is 4.74 Å². The van der Waals surface area contributed by atoms with Crippen LogP contribution < -0.4 is 11.3 Å². The Morgan fingerprint density at radius 3 is 2.72 bits per heavy atom. The molecule has 1 saturated heterocycles. The highest BCUT2D eigenvalue weighted by Gasteiger charge is 2.20. The predicted molar refractivity (Wildman–Crippen MR) is 72.3 cm³/mol. The minimum absolute atomic E-state index is 0.0138. The number of nitrogens with one attached hydrogen (secondary N) is 1. The standard InChI is InChI=1S/C13H18BrFN2O/c14-11-6-10(7-12(15)8-11)13(17-16)5-9-1-3-18-4-2-9/h6-9,13,17H,1-5,16H2. The number of rotatable bonds is 4. The zero-order valence-corrected chi connectivity index (χ0v) is 11.7. The molecule has 0 aliphatic carbocycles. The van der Waals surface area contributed by atoms with E-state index in [9.17, 15) is 4.39 Å². The van der Waals surface area contributed by atoms with Crippen molar-refractivity contribution in [1.29, 1.82) is 0 Å². The second-order valence-electron chi connectivity index (χ2n) is 4.71. The minimum Gasteiger partial charge on any atom is -0.381 e. The van der Waals surface area contributed by atoms with Gasteiger partial charge < -0.3 is 4.74 Å². The van der Waals surface area contributed by atoms with Gasteiger partial charge in [0.15, 0.2) is 0 Å². The number of ether oxygens (including phenoxy) is 1. The summed E-state index contributed by atoms with van der Waals surface area (Å²) in [6.45, 7) is 1.63. The smallest absolute Gasteiger partial charge is 0.124 e. The molecule has 1 aliphatic rings. The normalized spacial score (nSPS) is 18.8. The number of halogens is 2. The minimum atomic E-state index is -0.244. The van der Waals surface area contributed by atoms with Gasteiger partial charge in [0.1, 0.15) is 5.82 Å². The Balaban J connectivity index is 2.06. The topological polar surface area (TPSA) is 47.3 Å². The van der Waals surface area contributed by atoms with Crippen molar-refractivity contribution in [2.45, 2.75) is 25.3 Å². The summed E-state index contributed by atoms with van der Waals surface area (Å²) in [6.07, 6.45) is 3.01. The van der Waals surface area contributed by atoms with Crippen LogP contribution in [0.5, 0.6) is 0 Å². The Bertz CT molecular complexity index is 376. The number of nitrogens with two attached hydrogens (primary N) is 1. The zero-order chi connectivity index (χ0) is 13.0. The van der Waals surface area contributed by atoms with E-state index in [0.29, 0.717) is 5.92 Å². The molecule has 1 aliphatic heterocycles. The van der Waals surface area contributed by atoms with Crippen LogP contribution in [0.15, 0.2) is 22.7 Å². The van der Waals surface area contributed by atoms with E-state index in [0.717, 1.165) is 42.5 Å². The van der Waals surface area contributed by atoms with E-state index in [1.54, 1.807) is 0 Å². The molecule has 1 heterocycles. The van der Waals surface area contributed by atoms with Crippen LogP contribution in [0, 0.1) is 11.7 Å². The van der Waals surface area contributed by atoms with E-state index in [1.807, 2.05) is 6.07 Å². The summed E-state index contributed by atoms with van der Waals surface area (Å²) in [5, 5.41) is 0. The number of hydrogen-bond acceptors (Lipinski definition) is 3. The third-order valence-electron chi connectivity index (χ3n) is 3.40. The molecule has 1 fully saturated rings. The summed E-state index contributed by atoms with van der Waals surface area (Å²) < 4.78 is 19.5. The van der Waals surface area contributed by atoms with Gasteiger partial charge >= 0.3 is 0 Å². The van der Waals surface area contributed by atoms with Gasteiger partial charge in [-0.15, -0.1) is 0 Å². The van der Waals surface area contributed by atoms with E-state index in [2.05, 4.69) is 21.4 Å². The van der Waals surface area contributed by atoms with E-state index < -0.39 is 0 Å². The molecule has 0 saturated carbocycles. The fraction of sp³-hybridized carbons (Fsp3) is 0.538. The molecule has 0 radical (unpaired) electrons. The Morgan fingerprint density at radius 2 is 2.11 bits per heavy atom. The summed E-state index contributed by atoms with van der Waals surface area (Å²) in [5.41, 5.74) is 3.68. The molecule has 3 N–H and O–H groups in total. The molecule has 18 heavy (non-hydrogen) atoms. The summed E-state index contributed by atoms with van der Waals surface area (Å²) in [4.78, 5) is 0. The molecular formula is C13H18BrFN2O. The highest BCUT2D eigenvalue weighted by atomic mass is 79.9. The maximum absolute atomic E-state index is 13.4. The summed E-state index contributed by atoms with van der Waals surface area (Å²) in [7, 11) is 0. The molecule has 0 bridgehead atoms. The second kappa shape index (κ2) is 6.61. The molecular weight excluding hydrogens is 299 g/mol. The van der Waals surface area contributed by atoms with Crippen molar-refractivity contribution in [3.63, 3.8) is 0 Å². The zero-order valence-electron chi connectivity index (χ0n) is 10.2. The lowest BCUT2D eigenvalue weighted by molar-refractivity contribution is 0.0605. The van der Waals surface area contributed by atoms with Crippen LogP contribution >= 0.6 is 15.9 Å². The molecule has 0 spiro atoms. The van der Waals surface area contributed by atoms with Crippen molar-refractivity contribution in [3.8, 4) is 0 Å². The van der Waals surface area contributed by atoms with E-state index in [-0.39, 0.29) is 11.9 Å². The quantitative estimate of drug-likeness (QED) is 0.663. The molecule has 3 nitrogen and oxygen atoms in total. The number of hydrogen-bond donors (Lipinski definition) is 2. The Morgan fingerprint density at radius 1 is 1.39 bits per heavy atom. The van der Waals surface area contributed by atoms with Gasteiger partial charge in [0.2, 0.25) is 0 Å². The Labute approximate surface area is 115 Å². The van der Waals surface area contributed by atoms with Gasteiger partial charge in [0, 0.05) is 23.7 Å². The van der Waals surface area contributed by atoms with Crippen molar-refractivity contribution < 1.29 is 9.13 Å². The van der Waals surface area contributed by atoms with Gasteiger partial charge in [-0.25, -0.2) is 4.39 Å². The van der Waals surface area contributed by atoms with E-state index >= 15 is 0 Å². The molecule has 2 rings (SSSR count). The molecule has 1 atom stereocenters. The molecule has 0 aromatic heterocycles. The van der Waals surface area contributed by atoms with Crippen LogP contribution in [0.25, 0.3) is 0 Å². The highest BCUT2D eigenvalue weighted by Crippen LogP contribution is 2.29. The van der Waals surface area contributed by atoms with E-state index in [1.165, 1.54) is 12.1 Å². The Kier molecular flexibility index (Phi) is 5.12. The number of hydrazine groups is 1. The van der Waals surface area contributed by atoms with Crippen molar-refractivity contribution in [2.75, 3.05) is 13.2 Å². The van der Waals surface area contributed by atoms with Gasteiger partial charge in [-0.1, -0.05) is 15.9 Å². The lowest BCUT2D eigenvalue weighted by Gasteiger charge is -2.26. The van der Waals surface area contributed by atoms with Crippen LogP contribution in [0.4, 0.5) is 4.39 Å². The largest absolute Gasteiger partial charge is 0.381 e. The predicted octanol–water partition coefficient (Wildman–Crippen LogP) is 2.91. The third-order valence-corrected chi connectivity index (χ3v) is 3.86. The molecule has 1 aromatic carbocycles. The Hall–Kier alpha value is -0.490. The molecule has 0 amide bonds. The van der Waals surface area contributed by atoms with Crippen molar-refractivity contribution in [3.05, 3.63) is 34.1 Å². The van der Waals surface area contributed by atoms with Crippen LogP contribution in [-0.4, -0.2) is 13.2 Å². The maximum Gasteiger partial charge on any atom is 0.124 e. The summed E-state index contributed by atoms with van der Waals surface area (Å²) >= 11 is 3.31. The van der Waals surface area contributed by atoms with Crippen molar-refractivity contribution >= 4 is 15.9 Å². The first kappa shape index (κ1) is 13.9. The SMILES string of the molecule is NNC(CC1CCOCC1)c1cc(F)cc(Br)c1. The lowest BCUT2D eigenvalue weighted by Crippen LogP contribution is -2.31. The average Bonchev–Trinajstić information content (AvgIpc) is 2.36. The van der Waals surface area contributed by atoms with E-state index in [4.69, 9.17) is 10.6 Å². The number of benzene rings is 1. The van der Waals surface area contributed by atoms with Crippen molar-refractivity contribution in [2.24, 2.45) is 11.8 Å². The maximum atomic E-state index is 13.4. The van der Waals surface area contributed by atoms with Crippen molar-refractivity contribution in [1.82, 2.24) is 5.43 Å². The first-order valence-corrected chi connectivity index (χ1v) is 6.98. The second-order valence-corrected chi connectivity index (χ2v) is 5.63. The van der Waals surface area contributed by atoms with Crippen LogP contribution in [0.1, 0.15) is 30.9 Å². The molecule has 5 heteroatoms. The van der Waals surface area contributed by atoms with Gasteiger partial charge in [0.25, 0.3) is 0 Å². The van der Waals surface area contributed by atoms with Gasteiger partial charge in [-0.3, -0.25) is 11.3 Å². The summed E-state index contributed by atoms with van der Waals surface area (Å²) in [6, 6.07) is 4.88. The fourth-order valence-electron chi connectivity index (χ4n) is 2.39. The van der Waals surface area contributed by atoms with Gasteiger partial charge in [-0.05, 0) is 48.9 Å². The highest BCUT2D eigenvalue weighted by molar-refractivity contribution is 9.10. The monoisotopic (exact) mass is 316 g/mol. The van der Waals surface area contributed by atoms with Crippen LogP contribution in [0.2, 0.25) is 0 Å². The summed E-state index contributed by atoms with van der Waals surface area (Å²) in [5.74, 6) is 5.94.